The minimum absolute atomic E-state index is 0.0507. The normalized spacial score (nSPS) is 13.1. The summed E-state index contributed by atoms with van der Waals surface area (Å²) in [5, 5.41) is 4.28. The van der Waals surface area contributed by atoms with Crippen LogP contribution in [0.2, 0.25) is 0 Å². The molecular formula is C11H23N5O. The Morgan fingerprint density at radius 2 is 2.29 bits per heavy atom. The van der Waals surface area contributed by atoms with Crippen LogP contribution in [0, 0.1) is 0 Å². The summed E-state index contributed by atoms with van der Waals surface area (Å²) in [6.45, 7) is 3.81. The van der Waals surface area contributed by atoms with Crippen LogP contribution in [0.4, 0.5) is 0 Å². The number of nitrogens with zero attached hydrogens (tertiary/aromatic N) is 3. The van der Waals surface area contributed by atoms with Gasteiger partial charge in [-0.3, -0.25) is 16.0 Å². The van der Waals surface area contributed by atoms with Gasteiger partial charge >= 0.3 is 0 Å². The van der Waals surface area contributed by atoms with E-state index in [1.54, 1.807) is 13.3 Å². The topological polar surface area (TPSA) is 68.3 Å². The molecule has 1 aromatic heterocycles. The van der Waals surface area contributed by atoms with Gasteiger partial charge in [-0.15, -0.1) is 0 Å². The van der Waals surface area contributed by atoms with Crippen LogP contribution in [-0.4, -0.2) is 42.4 Å². The second-order valence-corrected chi connectivity index (χ2v) is 4.23. The molecule has 0 aliphatic rings. The molecule has 0 amide bonds. The summed E-state index contributed by atoms with van der Waals surface area (Å²) >= 11 is 0. The second kappa shape index (κ2) is 6.58. The van der Waals surface area contributed by atoms with E-state index in [1.807, 2.05) is 18.8 Å². The van der Waals surface area contributed by atoms with Crippen molar-refractivity contribution in [2.45, 2.75) is 25.9 Å². The van der Waals surface area contributed by atoms with Gasteiger partial charge in [-0.25, -0.2) is 0 Å². The standard InChI is InChI=1S/C11H23N5O/c1-5-16-11(10(17-4)8-13-16)9(14-12)6-7-15(2)3/h8-9,14H,5-7,12H2,1-4H3. The molecule has 1 rings (SSSR count). The SMILES string of the molecule is CCn1ncc(OC)c1C(CCN(C)C)NN. The number of nitrogens with two attached hydrogens (primary N) is 1. The van der Waals surface area contributed by atoms with Gasteiger partial charge in [0.2, 0.25) is 0 Å². The van der Waals surface area contributed by atoms with Gasteiger partial charge < -0.3 is 9.64 Å². The van der Waals surface area contributed by atoms with Crippen LogP contribution in [0.5, 0.6) is 5.75 Å². The number of nitrogens with one attached hydrogen (secondary N) is 1. The molecule has 0 saturated carbocycles. The van der Waals surface area contributed by atoms with Crippen molar-refractivity contribution in [1.82, 2.24) is 20.1 Å². The molecule has 0 radical (unpaired) electrons. The third-order valence-electron chi connectivity index (χ3n) is 2.76. The third kappa shape index (κ3) is 3.42. The van der Waals surface area contributed by atoms with Crippen molar-refractivity contribution in [3.63, 3.8) is 0 Å². The highest BCUT2D eigenvalue weighted by atomic mass is 16.5. The number of methoxy groups -OCH3 is 1. The molecule has 6 heteroatoms. The van der Waals surface area contributed by atoms with E-state index >= 15 is 0 Å². The predicted molar refractivity (Wildman–Crippen MR) is 67.7 cm³/mol. The van der Waals surface area contributed by atoms with Gasteiger partial charge in [-0.1, -0.05) is 0 Å². The smallest absolute Gasteiger partial charge is 0.161 e. The van der Waals surface area contributed by atoms with Crippen LogP contribution >= 0.6 is 0 Å². The number of hydrazine groups is 1. The van der Waals surface area contributed by atoms with Gasteiger partial charge in [0.05, 0.1) is 25.0 Å². The minimum atomic E-state index is 0.0507. The molecule has 1 atom stereocenters. The van der Waals surface area contributed by atoms with Gasteiger partial charge in [0.25, 0.3) is 0 Å². The summed E-state index contributed by atoms with van der Waals surface area (Å²) < 4.78 is 7.24. The zero-order valence-electron chi connectivity index (χ0n) is 11.1. The molecule has 1 heterocycles. The Bertz CT molecular complexity index is 315. The molecule has 0 bridgehead atoms. The van der Waals surface area contributed by atoms with Crippen molar-refractivity contribution in [3.05, 3.63) is 11.9 Å². The highest BCUT2D eigenvalue weighted by Gasteiger charge is 2.20. The van der Waals surface area contributed by atoms with E-state index < -0.39 is 0 Å². The third-order valence-corrected chi connectivity index (χ3v) is 2.76. The number of hydrogen-bond acceptors (Lipinski definition) is 5. The summed E-state index contributed by atoms with van der Waals surface area (Å²) in [5.41, 5.74) is 3.86. The lowest BCUT2D eigenvalue weighted by molar-refractivity contribution is 0.342. The first-order valence-corrected chi connectivity index (χ1v) is 5.84. The molecule has 0 fully saturated rings. The average molecular weight is 241 g/mol. The van der Waals surface area contributed by atoms with E-state index in [4.69, 9.17) is 10.6 Å². The maximum Gasteiger partial charge on any atom is 0.161 e. The maximum absolute atomic E-state index is 5.63. The maximum atomic E-state index is 5.63. The summed E-state index contributed by atoms with van der Waals surface area (Å²) in [7, 11) is 5.74. The Morgan fingerprint density at radius 3 is 2.76 bits per heavy atom. The highest BCUT2D eigenvalue weighted by Crippen LogP contribution is 2.26. The van der Waals surface area contributed by atoms with Crippen LogP contribution < -0.4 is 16.0 Å². The van der Waals surface area contributed by atoms with Crippen molar-refractivity contribution in [2.24, 2.45) is 5.84 Å². The van der Waals surface area contributed by atoms with Crippen molar-refractivity contribution in [1.29, 1.82) is 0 Å². The van der Waals surface area contributed by atoms with Crippen LogP contribution in [0.15, 0.2) is 6.20 Å². The van der Waals surface area contributed by atoms with E-state index in [0.29, 0.717) is 0 Å². The van der Waals surface area contributed by atoms with Crippen molar-refractivity contribution in [3.8, 4) is 5.75 Å². The summed E-state index contributed by atoms with van der Waals surface area (Å²) in [6.07, 6.45) is 2.64. The number of aryl methyl sites for hydroxylation is 1. The first kappa shape index (κ1) is 14.0. The number of hydrogen-bond donors (Lipinski definition) is 2. The lowest BCUT2D eigenvalue weighted by Gasteiger charge is -2.20. The lowest BCUT2D eigenvalue weighted by Crippen LogP contribution is -2.32. The Balaban J connectivity index is 2.88. The molecular weight excluding hydrogens is 218 g/mol. The first-order chi connectivity index (χ1) is 8.13. The van der Waals surface area contributed by atoms with Crippen molar-refractivity contribution in [2.75, 3.05) is 27.7 Å². The molecule has 1 unspecified atom stereocenters. The number of ether oxygens (including phenoxy) is 1. The Kier molecular flexibility index (Phi) is 5.40. The fourth-order valence-corrected chi connectivity index (χ4v) is 1.82. The molecule has 17 heavy (non-hydrogen) atoms. The molecule has 0 aliphatic heterocycles. The largest absolute Gasteiger partial charge is 0.493 e. The molecule has 98 valence electrons. The molecule has 6 nitrogen and oxygen atoms in total. The van der Waals surface area contributed by atoms with Crippen molar-refractivity contribution >= 4 is 0 Å². The minimum Gasteiger partial charge on any atom is -0.493 e. The average Bonchev–Trinajstić information content (AvgIpc) is 2.72. The number of aromatic nitrogens is 2. The van der Waals surface area contributed by atoms with E-state index in [9.17, 15) is 0 Å². The molecule has 0 aromatic carbocycles. The quantitative estimate of drug-likeness (QED) is 0.533. The van der Waals surface area contributed by atoms with Gasteiger partial charge in [0, 0.05) is 6.54 Å². The molecule has 0 saturated heterocycles. The highest BCUT2D eigenvalue weighted by molar-refractivity contribution is 5.28. The lowest BCUT2D eigenvalue weighted by atomic mass is 10.1. The Morgan fingerprint density at radius 1 is 1.59 bits per heavy atom. The Labute approximate surface area is 103 Å². The second-order valence-electron chi connectivity index (χ2n) is 4.23. The zero-order valence-corrected chi connectivity index (χ0v) is 11.1. The fraction of sp³-hybridized carbons (Fsp3) is 0.727. The predicted octanol–water partition coefficient (Wildman–Crippen LogP) is 0.368. The van der Waals surface area contributed by atoms with Gasteiger partial charge in [-0.2, -0.15) is 5.10 Å². The number of rotatable bonds is 7. The van der Waals surface area contributed by atoms with Gasteiger partial charge in [-0.05, 0) is 34.0 Å². The van der Waals surface area contributed by atoms with E-state index in [1.165, 1.54) is 0 Å². The zero-order chi connectivity index (χ0) is 12.8. The fourth-order valence-electron chi connectivity index (χ4n) is 1.82. The monoisotopic (exact) mass is 241 g/mol. The molecule has 3 N–H and O–H groups in total. The Hall–Kier alpha value is -1.11. The summed E-state index contributed by atoms with van der Waals surface area (Å²) in [5.74, 6) is 6.42. The summed E-state index contributed by atoms with van der Waals surface area (Å²) in [6, 6.07) is 0.0507. The molecule has 1 aromatic rings. The first-order valence-electron chi connectivity index (χ1n) is 5.84. The van der Waals surface area contributed by atoms with Gasteiger partial charge in [0.1, 0.15) is 0 Å². The van der Waals surface area contributed by atoms with Gasteiger partial charge in [0.15, 0.2) is 5.75 Å². The van der Waals surface area contributed by atoms with E-state index in [2.05, 4.69) is 22.3 Å². The molecule has 0 aliphatic carbocycles. The summed E-state index contributed by atoms with van der Waals surface area (Å²) in [4.78, 5) is 2.13. The van der Waals surface area contributed by atoms with Crippen LogP contribution in [-0.2, 0) is 6.54 Å². The van der Waals surface area contributed by atoms with Crippen molar-refractivity contribution < 1.29 is 4.74 Å². The van der Waals surface area contributed by atoms with Crippen LogP contribution in [0.3, 0.4) is 0 Å². The van der Waals surface area contributed by atoms with Crippen LogP contribution in [0.25, 0.3) is 0 Å². The van der Waals surface area contributed by atoms with E-state index in [0.717, 1.165) is 31.0 Å². The molecule has 0 spiro atoms. The van der Waals surface area contributed by atoms with E-state index in [-0.39, 0.29) is 6.04 Å². The van der Waals surface area contributed by atoms with Crippen LogP contribution in [0.1, 0.15) is 25.1 Å².